The summed E-state index contributed by atoms with van der Waals surface area (Å²) in [6.45, 7) is 8.95. The van der Waals surface area contributed by atoms with Crippen LogP contribution in [0.2, 0.25) is 0 Å². The Morgan fingerprint density at radius 2 is 1.68 bits per heavy atom. The molecule has 0 radical (unpaired) electrons. The molecule has 0 amide bonds. The van der Waals surface area contributed by atoms with E-state index >= 15 is 0 Å². The topological polar surface area (TPSA) is 46.2 Å². The van der Waals surface area contributed by atoms with E-state index in [0.717, 1.165) is 12.8 Å². The average molecular weight is 286 g/mol. The second-order valence-electron chi connectivity index (χ2n) is 6.43. The van der Waals surface area contributed by atoms with Gasteiger partial charge in [0.1, 0.15) is 0 Å². The van der Waals surface area contributed by atoms with Gasteiger partial charge in [0.2, 0.25) is 0 Å². The summed E-state index contributed by atoms with van der Waals surface area (Å²) in [6.07, 6.45) is 1.90. The van der Waals surface area contributed by atoms with Crippen molar-refractivity contribution >= 4 is 12.4 Å². The Morgan fingerprint density at radius 3 is 2.11 bits per heavy atom. The van der Waals surface area contributed by atoms with Crippen LogP contribution >= 0.6 is 12.4 Å². The van der Waals surface area contributed by atoms with E-state index in [1.165, 1.54) is 11.1 Å². The van der Waals surface area contributed by atoms with Gasteiger partial charge in [-0.15, -0.1) is 12.4 Å². The average Bonchev–Trinajstić information content (AvgIpc) is 2.28. The van der Waals surface area contributed by atoms with Crippen molar-refractivity contribution in [3.8, 4) is 0 Å². The van der Waals surface area contributed by atoms with Crippen LogP contribution in [-0.4, -0.2) is 17.8 Å². The zero-order chi connectivity index (χ0) is 13.8. The number of aliphatic hydroxyl groups is 1. The molecule has 0 saturated heterocycles. The van der Waals surface area contributed by atoms with Gasteiger partial charge in [0.25, 0.3) is 0 Å². The quantitative estimate of drug-likeness (QED) is 0.872. The van der Waals surface area contributed by atoms with Crippen molar-refractivity contribution in [2.45, 2.75) is 52.0 Å². The Bertz CT molecular complexity index is 356. The lowest BCUT2D eigenvalue weighted by atomic mass is 9.86. The number of aliphatic hydroxyl groups excluding tert-OH is 1. The minimum Gasteiger partial charge on any atom is -0.395 e. The molecule has 1 rings (SSSR count). The first kappa shape index (κ1) is 18.4. The van der Waals surface area contributed by atoms with Crippen LogP contribution in [0.15, 0.2) is 24.3 Å². The van der Waals surface area contributed by atoms with Crippen molar-refractivity contribution < 1.29 is 5.11 Å². The number of rotatable bonds is 5. The Kier molecular flexibility index (Phi) is 7.65. The summed E-state index contributed by atoms with van der Waals surface area (Å²) in [7, 11) is 0. The predicted molar refractivity (Wildman–Crippen MR) is 84.9 cm³/mol. The van der Waals surface area contributed by atoms with Crippen molar-refractivity contribution in [1.29, 1.82) is 0 Å². The fraction of sp³-hybridized carbons (Fsp3) is 0.625. The van der Waals surface area contributed by atoms with Crippen molar-refractivity contribution in [2.75, 3.05) is 6.61 Å². The summed E-state index contributed by atoms with van der Waals surface area (Å²) in [5.41, 5.74) is 8.68. The van der Waals surface area contributed by atoms with Gasteiger partial charge in [-0.3, -0.25) is 0 Å². The molecule has 0 spiro atoms. The molecule has 3 heteroatoms. The van der Waals surface area contributed by atoms with Crippen LogP contribution in [0.3, 0.4) is 0 Å². The fourth-order valence-electron chi connectivity index (χ4n) is 2.22. The zero-order valence-electron chi connectivity index (χ0n) is 12.5. The standard InChI is InChI=1S/C16H27NO.ClH/c1-12(10-15(17)11-18)9-13-5-7-14(8-6-13)16(2,3)4;/h5-8,12,15,18H,9-11,17H2,1-4H3;1H. The number of benzene rings is 1. The van der Waals surface area contributed by atoms with Crippen LogP contribution in [-0.2, 0) is 11.8 Å². The summed E-state index contributed by atoms with van der Waals surface area (Å²) in [4.78, 5) is 0. The Balaban J connectivity index is 0.00000324. The number of hydrogen-bond acceptors (Lipinski definition) is 2. The SMILES string of the molecule is CC(Cc1ccc(C(C)(C)C)cc1)CC(N)CO.Cl. The van der Waals surface area contributed by atoms with E-state index in [1.807, 2.05) is 0 Å². The zero-order valence-corrected chi connectivity index (χ0v) is 13.3. The third-order valence-electron chi connectivity index (χ3n) is 3.34. The van der Waals surface area contributed by atoms with Crippen molar-refractivity contribution in [1.82, 2.24) is 0 Å². The molecule has 110 valence electrons. The molecule has 0 fully saturated rings. The lowest BCUT2D eigenvalue weighted by molar-refractivity contribution is 0.247. The molecule has 1 aromatic carbocycles. The maximum absolute atomic E-state index is 8.95. The third-order valence-corrected chi connectivity index (χ3v) is 3.34. The first-order valence-corrected chi connectivity index (χ1v) is 6.78. The molecule has 2 nitrogen and oxygen atoms in total. The van der Waals surface area contributed by atoms with Crippen LogP contribution < -0.4 is 5.73 Å². The maximum atomic E-state index is 8.95. The molecule has 2 atom stereocenters. The predicted octanol–water partition coefficient (Wildman–Crippen LogP) is 3.29. The van der Waals surface area contributed by atoms with Crippen LogP contribution in [0.25, 0.3) is 0 Å². The highest BCUT2D eigenvalue weighted by Gasteiger charge is 2.14. The minimum atomic E-state index is -0.0890. The Hall–Kier alpha value is -0.570. The van der Waals surface area contributed by atoms with Gasteiger partial charge in [-0.25, -0.2) is 0 Å². The molecule has 2 unspecified atom stereocenters. The van der Waals surface area contributed by atoms with E-state index in [0.29, 0.717) is 5.92 Å². The molecule has 0 aliphatic rings. The molecule has 0 aromatic heterocycles. The van der Waals surface area contributed by atoms with E-state index in [4.69, 9.17) is 10.8 Å². The van der Waals surface area contributed by atoms with Crippen molar-refractivity contribution in [2.24, 2.45) is 11.7 Å². The van der Waals surface area contributed by atoms with E-state index in [9.17, 15) is 0 Å². The van der Waals surface area contributed by atoms with Gasteiger partial charge in [0.15, 0.2) is 0 Å². The Labute approximate surface area is 123 Å². The number of nitrogens with two attached hydrogens (primary N) is 1. The summed E-state index contributed by atoms with van der Waals surface area (Å²) >= 11 is 0. The largest absolute Gasteiger partial charge is 0.395 e. The summed E-state index contributed by atoms with van der Waals surface area (Å²) < 4.78 is 0. The minimum absolute atomic E-state index is 0. The maximum Gasteiger partial charge on any atom is 0.0582 e. The summed E-state index contributed by atoms with van der Waals surface area (Å²) in [5, 5.41) is 8.95. The van der Waals surface area contributed by atoms with Gasteiger partial charge < -0.3 is 10.8 Å². The van der Waals surface area contributed by atoms with E-state index < -0.39 is 0 Å². The summed E-state index contributed by atoms with van der Waals surface area (Å²) in [5.74, 6) is 0.507. The van der Waals surface area contributed by atoms with E-state index in [2.05, 4.69) is 52.0 Å². The van der Waals surface area contributed by atoms with Gasteiger partial charge in [0, 0.05) is 6.04 Å². The van der Waals surface area contributed by atoms with Crippen LogP contribution in [0.1, 0.15) is 45.2 Å². The molecule has 0 aliphatic heterocycles. The normalized spacial score (nSPS) is 14.6. The van der Waals surface area contributed by atoms with Gasteiger partial charge >= 0.3 is 0 Å². The molecule has 0 bridgehead atoms. The molecular formula is C16H28ClNO. The molecular weight excluding hydrogens is 258 g/mol. The lowest BCUT2D eigenvalue weighted by Gasteiger charge is -2.20. The fourth-order valence-corrected chi connectivity index (χ4v) is 2.22. The Morgan fingerprint density at radius 1 is 1.16 bits per heavy atom. The van der Waals surface area contributed by atoms with Crippen LogP contribution in [0, 0.1) is 5.92 Å². The number of hydrogen-bond donors (Lipinski definition) is 2. The first-order chi connectivity index (χ1) is 8.32. The van der Waals surface area contributed by atoms with Crippen LogP contribution in [0.4, 0.5) is 0 Å². The van der Waals surface area contributed by atoms with Crippen molar-refractivity contribution in [3.63, 3.8) is 0 Å². The molecule has 19 heavy (non-hydrogen) atoms. The second-order valence-corrected chi connectivity index (χ2v) is 6.43. The van der Waals surface area contributed by atoms with E-state index in [-0.39, 0.29) is 30.5 Å². The first-order valence-electron chi connectivity index (χ1n) is 6.78. The molecule has 0 heterocycles. The van der Waals surface area contributed by atoms with Crippen molar-refractivity contribution in [3.05, 3.63) is 35.4 Å². The number of halogens is 1. The third kappa shape index (κ3) is 6.42. The van der Waals surface area contributed by atoms with Gasteiger partial charge in [-0.1, -0.05) is 52.0 Å². The highest BCUT2D eigenvalue weighted by Crippen LogP contribution is 2.23. The lowest BCUT2D eigenvalue weighted by Crippen LogP contribution is -2.27. The molecule has 0 saturated carbocycles. The van der Waals surface area contributed by atoms with Crippen LogP contribution in [0.5, 0.6) is 0 Å². The van der Waals surface area contributed by atoms with Gasteiger partial charge in [-0.05, 0) is 35.3 Å². The van der Waals surface area contributed by atoms with Gasteiger partial charge in [-0.2, -0.15) is 0 Å². The second kappa shape index (κ2) is 7.88. The van der Waals surface area contributed by atoms with Gasteiger partial charge in [0.05, 0.1) is 6.61 Å². The highest BCUT2D eigenvalue weighted by atomic mass is 35.5. The highest BCUT2D eigenvalue weighted by molar-refractivity contribution is 5.85. The smallest absolute Gasteiger partial charge is 0.0582 e. The van der Waals surface area contributed by atoms with E-state index in [1.54, 1.807) is 0 Å². The molecule has 0 aliphatic carbocycles. The summed E-state index contributed by atoms with van der Waals surface area (Å²) in [6, 6.07) is 8.76. The monoisotopic (exact) mass is 285 g/mol. The molecule has 1 aromatic rings. The molecule has 3 N–H and O–H groups in total.